The highest BCUT2D eigenvalue weighted by Gasteiger charge is 2.25. The van der Waals surface area contributed by atoms with Gasteiger partial charge in [-0.15, -0.1) is 0 Å². The quantitative estimate of drug-likeness (QED) is 0.845. The third-order valence-electron chi connectivity index (χ3n) is 4.48. The van der Waals surface area contributed by atoms with Crippen molar-refractivity contribution in [3.8, 4) is 0 Å². The van der Waals surface area contributed by atoms with Crippen LogP contribution in [-0.4, -0.2) is 17.5 Å². The van der Waals surface area contributed by atoms with Crippen LogP contribution in [0.4, 0.5) is 0 Å². The molecule has 1 saturated carbocycles. The van der Waals surface area contributed by atoms with Gasteiger partial charge in [-0.2, -0.15) is 11.8 Å². The molecule has 1 aromatic rings. The van der Waals surface area contributed by atoms with Gasteiger partial charge in [0, 0.05) is 17.3 Å². The minimum Gasteiger partial charge on any atom is -0.307 e. The van der Waals surface area contributed by atoms with Gasteiger partial charge in [0.15, 0.2) is 0 Å². The molecule has 1 aliphatic carbocycles. The number of nitrogens with one attached hydrogen (secondary N) is 1. The Morgan fingerprint density at radius 2 is 1.80 bits per heavy atom. The van der Waals surface area contributed by atoms with Crippen LogP contribution < -0.4 is 5.32 Å². The maximum atomic E-state index is 3.80. The maximum absolute atomic E-state index is 3.80. The summed E-state index contributed by atoms with van der Waals surface area (Å²) in [6.07, 6.45) is 6.26. The number of hydrogen-bond acceptors (Lipinski definition) is 2. The third kappa shape index (κ3) is 4.02. The first-order valence-electron chi connectivity index (χ1n) is 7.79. The molecule has 1 aromatic carbocycles. The molecular weight excluding hydrogens is 262 g/mol. The van der Waals surface area contributed by atoms with E-state index in [9.17, 15) is 0 Å². The molecule has 3 atom stereocenters. The van der Waals surface area contributed by atoms with E-state index in [4.69, 9.17) is 0 Å². The zero-order chi connectivity index (χ0) is 14.8. The Hall–Kier alpha value is -0.470. The summed E-state index contributed by atoms with van der Waals surface area (Å²) in [5, 5.41) is 4.67. The molecule has 1 N–H and O–H groups in total. The van der Waals surface area contributed by atoms with Crippen molar-refractivity contribution in [2.75, 3.05) is 6.26 Å². The zero-order valence-electron chi connectivity index (χ0n) is 13.6. The van der Waals surface area contributed by atoms with E-state index in [2.05, 4.69) is 63.5 Å². The molecule has 0 aliphatic heterocycles. The molecule has 0 radical (unpaired) electrons. The Balaban J connectivity index is 1.94. The fourth-order valence-corrected chi connectivity index (χ4v) is 3.82. The lowest BCUT2D eigenvalue weighted by molar-refractivity contribution is 0.462. The lowest BCUT2D eigenvalue weighted by Gasteiger charge is -2.22. The molecule has 0 spiro atoms. The van der Waals surface area contributed by atoms with Crippen molar-refractivity contribution in [1.82, 2.24) is 5.32 Å². The molecular formula is C18H29NS. The fourth-order valence-electron chi connectivity index (χ4n) is 3.03. The lowest BCUT2D eigenvalue weighted by atomic mass is 9.86. The molecule has 20 heavy (non-hydrogen) atoms. The minimum atomic E-state index is 0.242. The molecule has 0 bridgehead atoms. The van der Waals surface area contributed by atoms with Crippen molar-refractivity contribution in [2.24, 2.45) is 0 Å². The van der Waals surface area contributed by atoms with Gasteiger partial charge in [-0.1, -0.05) is 45.0 Å². The summed E-state index contributed by atoms with van der Waals surface area (Å²) < 4.78 is 0. The lowest BCUT2D eigenvalue weighted by Crippen LogP contribution is -2.29. The smallest absolute Gasteiger partial charge is 0.0294 e. The van der Waals surface area contributed by atoms with Crippen LogP contribution in [0.3, 0.4) is 0 Å². The highest BCUT2D eigenvalue weighted by atomic mass is 32.2. The van der Waals surface area contributed by atoms with Crippen LogP contribution in [-0.2, 0) is 5.41 Å². The van der Waals surface area contributed by atoms with Gasteiger partial charge >= 0.3 is 0 Å². The molecule has 0 heterocycles. The van der Waals surface area contributed by atoms with Crippen LogP contribution in [0.1, 0.15) is 64.1 Å². The Bertz CT molecular complexity index is 418. The molecule has 0 aromatic heterocycles. The van der Waals surface area contributed by atoms with Gasteiger partial charge in [0.2, 0.25) is 0 Å². The first kappa shape index (κ1) is 15.9. The van der Waals surface area contributed by atoms with E-state index >= 15 is 0 Å². The van der Waals surface area contributed by atoms with E-state index in [1.807, 2.05) is 11.8 Å². The summed E-state index contributed by atoms with van der Waals surface area (Å²) in [5.41, 5.74) is 3.06. The van der Waals surface area contributed by atoms with Crippen LogP contribution in [0, 0.1) is 0 Å². The largest absolute Gasteiger partial charge is 0.307 e. The number of hydrogen-bond donors (Lipinski definition) is 1. The number of thioether (sulfide) groups is 1. The molecule has 0 amide bonds. The molecule has 0 saturated heterocycles. The minimum absolute atomic E-state index is 0.242. The molecule has 1 aliphatic rings. The molecule has 2 heteroatoms. The van der Waals surface area contributed by atoms with Crippen molar-refractivity contribution in [2.45, 2.75) is 69.7 Å². The average molecular weight is 292 g/mol. The van der Waals surface area contributed by atoms with Gasteiger partial charge in [0.05, 0.1) is 0 Å². The SMILES string of the molecule is CSC1CCC(NC(C)c2ccc(C(C)(C)C)cc2)C1. The second kappa shape index (κ2) is 6.53. The van der Waals surface area contributed by atoms with Crippen molar-refractivity contribution in [3.05, 3.63) is 35.4 Å². The van der Waals surface area contributed by atoms with Crippen LogP contribution in [0.5, 0.6) is 0 Å². The van der Waals surface area contributed by atoms with Crippen molar-refractivity contribution in [1.29, 1.82) is 0 Å². The van der Waals surface area contributed by atoms with Crippen LogP contribution >= 0.6 is 11.8 Å². The summed E-state index contributed by atoms with van der Waals surface area (Å²) in [5.74, 6) is 0. The standard InChI is InChI=1S/C18H29NS/c1-13(19-16-10-11-17(12-16)20-5)14-6-8-15(9-7-14)18(2,3)4/h6-9,13,16-17,19H,10-12H2,1-5H3. The number of benzene rings is 1. The predicted molar refractivity (Wildman–Crippen MR) is 91.6 cm³/mol. The van der Waals surface area contributed by atoms with Gasteiger partial charge in [0.1, 0.15) is 0 Å². The molecule has 1 nitrogen and oxygen atoms in total. The molecule has 2 rings (SSSR count). The van der Waals surface area contributed by atoms with Gasteiger partial charge in [-0.3, -0.25) is 0 Å². The van der Waals surface area contributed by atoms with E-state index in [0.717, 1.165) is 5.25 Å². The van der Waals surface area contributed by atoms with E-state index in [-0.39, 0.29) is 5.41 Å². The van der Waals surface area contributed by atoms with Crippen LogP contribution in [0.15, 0.2) is 24.3 Å². The second-order valence-electron chi connectivity index (χ2n) is 7.13. The van der Waals surface area contributed by atoms with Crippen LogP contribution in [0.2, 0.25) is 0 Å². The van der Waals surface area contributed by atoms with Crippen molar-refractivity contribution < 1.29 is 0 Å². The Morgan fingerprint density at radius 1 is 1.15 bits per heavy atom. The zero-order valence-corrected chi connectivity index (χ0v) is 14.4. The van der Waals surface area contributed by atoms with Crippen molar-refractivity contribution >= 4 is 11.8 Å². The van der Waals surface area contributed by atoms with E-state index in [1.54, 1.807) is 0 Å². The fraction of sp³-hybridized carbons (Fsp3) is 0.667. The van der Waals surface area contributed by atoms with Crippen LogP contribution in [0.25, 0.3) is 0 Å². The maximum Gasteiger partial charge on any atom is 0.0294 e. The topological polar surface area (TPSA) is 12.0 Å². The van der Waals surface area contributed by atoms with Gasteiger partial charge in [0.25, 0.3) is 0 Å². The summed E-state index contributed by atoms with van der Waals surface area (Å²) in [6, 6.07) is 10.3. The molecule has 1 fully saturated rings. The highest BCUT2D eigenvalue weighted by molar-refractivity contribution is 7.99. The second-order valence-corrected chi connectivity index (χ2v) is 8.27. The van der Waals surface area contributed by atoms with E-state index in [1.165, 1.54) is 30.4 Å². The molecule has 3 unspecified atom stereocenters. The summed E-state index contributed by atoms with van der Waals surface area (Å²) in [4.78, 5) is 0. The van der Waals surface area contributed by atoms with Gasteiger partial charge in [-0.25, -0.2) is 0 Å². The predicted octanol–water partition coefficient (Wildman–Crippen LogP) is 4.92. The first-order chi connectivity index (χ1) is 9.40. The van der Waals surface area contributed by atoms with Crippen molar-refractivity contribution in [3.63, 3.8) is 0 Å². The Morgan fingerprint density at radius 3 is 2.30 bits per heavy atom. The average Bonchev–Trinajstić information content (AvgIpc) is 2.85. The summed E-state index contributed by atoms with van der Waals surface area (Å²) in [6.45, 7) is 9.10. The Kier molecular flexibility index (Phi) is 5.19. The van der Waals surface area contributed by atoms with Gasteiger partial charge < -0.3 is 5.32 Å². The number of rotatable bonds is 4. The third-order valence-corrected chi connectivity index (χ3v) is 5.58. The van der Waals surface area contributed by atoms with Gasteiger partial charge in [-0.05, 0) is 49.0 Å². The first-order valence-corrected chi connectivity index (χ1v) is 9.08. The Labute approximate surface area is 128 Å². The normalized spacial score (nSPS) is 24.9. The summed E-state index contributed by atoms with van der Waals surface area (Å²) >= 11 is 2.02. The molecule has 112 valence electrons. The summed E-state index contributed by atoms with van der Waals surface area (Å²) in [7, 11) is 0. The van der Waals surface area contributed by atoms with E-state index < -0.39 is 0 Å². The van der Waals surface area contributed by atoms with E-state index in [0.29, 0.717) is 12.1 Å². The highest BCUT2D eigenvalue weighted by Crippen LogP contribution is 2.30. The monoisotopic (exact) mass is 291 g/mol.